The molecule has 1 aliphatic heterocycles. The van der Waals surface area contributed by atoms with Crippen molar-refractivity contribution < 1.29 is 9.53 Å². The fourth-order valence-corrected chi connectivity index (χ4v) is 3.77. The number of benzene rings is 1. The summed E-state index contributed by atoms with van der Waals surface area (Å²) in [5.41, 5.74) is 2.92. The summed E-state index contributed by atoms with van der Waals surface area (Å²) < 4.78 is 7.37. The van der Waals surface area contributed by atoms with Crippen LogP contribution in [0.25, 0.3) is 11.3 Å². The molecule has 0 fully saturated rings. The van der Waals surface area contributed by atoms with E-state index < -0.39 is 0 Å². The van der Waals surface area contributed by atoms with Crippen molar-refractivity contribution in [3.63, 3.8) is 0 Å². The van der Waals surface area contributed by atoms with Crippen molar-refractivity contribution >= 4 is 23.2 Å². The van der Waals surface area contributed by atoms with Crippen molar-refractivity contribution in [1.82, 2.24) is 9.55 Å². The van der Waals surface area contributed by atoms with Gasteiger partial charge in [0.25, 0.3) is 0 Å². The zero-order chi connectivity index (χ0) is 17.2. The summed E-state index contributed by atoms with van der Waals surface area (Å²) in [5, 5.41) is 4.02. The molecule has 6 heteroatoms. The SMILES string of the molecule is COc1cccc(-c2cn3c(n2)N(C(=O)Cc2ccsc2)CCC3)c1. The molecule has 0 saturated carbocycles. The molecule has 2 aromatic heterocycles. The average Bonchev–Trinajstić information content (AvgIpc) is 3.30. The number of carbonyl (C=O) groups excluding carboxylic acids is 1. The lowest BCUT2D eigenvalue weighted by atomic mass is 10.1. The predicted octanol–water partition coefficient (Wildman–Crippen LogP) is 3.60. The number of methoxy groups -OCH3 is 1. The Balaban J connectivity index is 1.63. The van der Waals surface area contributed by atoms with E-state index >= 15 is 0 Å². The lowest BCUT2D eigenvalue weighted by Gasteiger charge is -2.27. The number of nitrogens with zero attached hydrogens (tertiary/aromatic N) is 3. The van der Waals surface area contributed by atoms with Gasteiger partial charge in [0.1, 0.15) is 5.75 Å². The van der Waals surface area contributed by atoms with Gasteiger partial charge in [0, 0.05) is 24.8 Å². The fourth-order valence-electron chi connectivity index (χ4n) is 3.11. The van der Waals surface area contributed by atoms with E-state index in [1.54, 1.807) is 18.4 Å². The summed E-state index contributed by atoms with van der Waals surface area (Å²) in [7, 11) is 1.65. The molecule has 4 rings (SSSR count). The van der Waals surface area contributed by atoms with Gasteiger partial charge in [-0.3, -0.25) is 9.69 Å². The molecule has 0 saturated heterocycles. The summed E-state index contributed by atoms with van der Waals surface area (Å²) in [5.74, 6) is 1.64. The maximum absolute atomic E-state index is 12.7. The minimum Gasteiger partial charge on any atom is -0.497 e. The van der Waals surface area contributed by atoms with E-state index in [9.17, 15) is 4.79 Å². The standard InChI is InChI=1S/C19H19N3O2S/c1-24-16-5-2-4-15(11-16)17-12-21-7-3-8-22(19(21)20-17)18(23)10-14-6-9-25-13-14/h2,4-6,9,11-13H,3,7-8,10H2,1H3. The van der Waals surface area contributed by atoms with Crippen LogP contribution in [0.4, 0.5) is 5.95 Å². The summed E-state index contributed by atoms with van der Waals surface area (Å²) in [4.78, 5) is 19.3. The number of aryl methyl sites for hydroxylation is 1. The third-order valence-electron chi connectivity index (χ3n) is 4.38. The van der Waals surface area contributed by atoms with Crippen molar-refractivity contribution in [2.24, 2.45) is 0 Å². The number of amides is 1. The van der Waals surface area contributed by atoms with Gasteiger partial charge in [0.15, 0.2) is 0 Å². The van der Waals surface area contributed by atoms with Gasteiger partial charge in [-0.1, -0.05) is 12.1 Å². The lowest BCUT2D eigenvalue weighted by Crippen LogP contribution is -2.38. The van der Waals surface area contributed by atoms with Crippen LogP contribution in [0.5, 0.6) is 5.75 Å². The van der Waals surface area contributed by atoms with Crippen LogP contribution in [0.3, 0.4) is 0 Å². The molecule has 0 N–H and O–H groups in total. The molecular weight excluding hydrogens is 334 g/mol. The molecular formula is C19H19N3O2S. The molecule has 5 nitrogen and oxygen atoms in total. The van der Waals surface area contributed by atoms with E-state index in [-0.39, 0.29) is 5.91 Å². The Kier molecular flexibility index (Phi) is 4.28. The molecule has 3 aromatic rings. The summed E-state index contributed by atoms with van der Waals surface area (Å²) in [6.45, 7) is 1.60. The third-order valence-corrected chi connectivity index (χ3v) is 5.11. The predicted molar refractivity (Wildman–Crippen MR) is 99.2 cm³/mol. The molecule has 25 heavy (non-hydrogen) atoms. The number of rotatable bonds is 4. The molecule has 0 aliphatic carbocycles. The Hall–Kier alpha value is -2.60. The third kappa shape index (κ3) is 3.17. The van der Waals surface area contributed by atoms with Crippen molar-refractivity contribution in [1.29, 1.82) is 0 Å². The summed E-state index contributed by atoms with van der Waals surface area (Å²) in [6, 6.07) is 9.84. The minimum absolute atomic E-state index is 0.0992. The Morgan fingerprint density at radius 2 is 2.24 bits per heavy atom. The van der Waals surface area contributed by atoms with Gasteiger partial charge in [-0.15, -0.1) is 0 Å². The number of fused-ring (bicyclic) bond motifs is 1. The van der Waals surface area contributed by atoms with Gasteiger partial charge in [0.2, 0.25) is 11.9 Å². The molecule has 1 aromatic carbocycles. The van der Waals surface area contributed by atoms with Crippen LogP contribution in [0.2, 0.25) is 0 Å². The average molecular weight is 353 g/mol. The van der Waals surface area contributed by atoms with Crippen molar-refractivity contribution in [3.8, 4) is 17.0 Å². The normalized spacial score (nSPS) is 13.6. The maximum atomic E-state index is 12.7. The number of carbonyl (C=O) groups is 1. The van der Waals surface area contributed by atoms with Gasteiger partial charge in [-0.05, 0) is 40.9 Å². The zero-order valence-electron chi connectivity index (χ0n) is 14.0. The molecule has 0 bridgehead atoms. The van der Waals surface area contributed by atoms with E-state index in [1.165, 1.54) is 0 Å². The van der Waals surface area contributed by atoms with Gasteiger partial charge >= 0.3 is 0 Å². The number of hydrogen-bond acceptors (Lipinski definition) is 4. The fraction of sp³-hybridized carbons (Fsp3) is 0.263. The monoisotopic (exact) mass is 353 g/mol. The number of ether oxygens (including phenoxy) is 1. The number of anilines is 1. The first-order valence-electron chi connectivity index (χ1n) is 8.27. The van der Waals surface area contributed by atoms with Gasteiger partial charge in [0.05, 0.1) is 19.2 Å². The summed E-state index contributed by atoms with van der Waals surface area (Å²) >= 11 is 1.62. The molecule has 1 amide bonds. The largest absolute Gasteiger partial charge is 0.497 e. The van der Waals surface area contributed by atoms with Gasteiger partial charge < -0.3 is 9.30 Å². The Morgan fingerprint density at radius 3 is 3.04 bits per heavy atom. The maximum Gasteiger partial charge on any atom is 0.233 e. The molecule has 0 unspecified atom stereocenters. The van der Waals surface area contributed by atoms with E-state index in [2.05, 4.69) is 4.57 Å². The second-order valence-corrected chi connectivity index (χ2v) is 6.84. The van der Waals surface area contributed by atoms with Crippen LogP contribution >= 0.6 is 11.3 Å². The van der Waals surface area contributed by atoms with Crippen LogP contribution in [0.15, 0.2) is 47.3 Å². The highest BCUT2D eigenvalue weighted by molar-refractivity contribution is 7.08. The summed E-state index contributed by atoms with van der Waals surface area (Å²) in [6.07, 6.45) is 3.38. The van der Waals surface area contributed by atoms with Crippen LogP contribution in [-0.4, -0.2) is 29.1 Å². The molecule has 1 aliphatic rings. The van der Waals surface area contributed by atoms with E-state index in [0.717, 1.165) is 48.0 Å². The Bertz CT molecular complexity index is 886. The quantitative estimate of drug-likeness (QED) is 0.720. The molecule has 0 atom stereocenters. The van der Waals surface area contributed by atoms with E-state index in [4.69, 9.17) is 9.72 Å². The smallest absolute Gasteiger partial charge is 0.233 e. The van der Waals surface area contributed by atoms with E-state index in [0.29, 0.717) is 6.42 Å². The lowest BCUT2D eigenvalue weighted by molar-refractivity contribution is -0.118. The second kappa shape index (κ2) is 6.72. The highest BCUT2D eigenvalue weighted by Gasteiger charge is 2.25. The van der Waals surface area contributed by atoms with Crippen molar-refractivity contribution in [2.45, 2.75) is 19.4 Å². The Morgan fingerprint density at radius 1 is 1.32 bits per heavy atom. The van der Waals surface area contributed by atoms with Crippen LogP contribution in [0, 0.1) is 0 Å². The highest BCUT2D eigenvalue weighted by Crippen LogP contribution is 2.28. The molecule has 3 heterocycles. The molecule has 0 spiro atoms. The second-order valence-electron chi connectivity index (χ2n) is 6.06. The first kappa shape index (κ1) is 15.9. The Labute approximate surface area is 150 Å². The van der Waals surface area contributed by atoms with Gasteiger partial charge in [-0.2, -0.15) is 11.3 Å². The highest BCUT2D eigenvalue weighted by atomic mass is 32.1. The minimum atomic E-state index is 0.0992. The molecule has 128 valence electrons. The number of imidazole rings is 1. The molecule has 0 radical (unpaired) electrons. The van der Waals surface area contributed by atoms with Crippen molar-refractivity contribution in [3.05, 3.63) is 52.9 Å². The van der Waals surface area contributed by atoms with Crippen LogP contribution in [0.1, 0.15) is 12.0 Å². The van der Waals surface area contributed by atoms with Crippen molar-refractivity contribution in [2.75, 3.05) is 18.6 Å². The first-order valence-corrected chi connectivity index (χ1v) is 9.22. The zero-order valence-corrected chi connectivity index (χ0v) is 14.8. The first-order chi connectivity index (χ1) is 12.2. The van der Waals surface area contributed by atoms with Crippen LogP contribution < -0.4 is 9.64 Å². The van der Waals surface area contributed by atoms with Crippen LogP contribution in [-0.2, 0) is 17.8 Å². The number of thiophene rings is 1. The van der Waals surface area contributed by atoms with Gasteiger partial charge in [-0.25, -0.2) is 4.98 Å². The number of hydrogen-bond donors (Lipinski definition) is 0. The van der Waals surface area contributed by atoms with E-state index in [1.807, 2.05) is 52.2 Å². The topological polar surface area (TPSA) is 47.4 Å². The number of aromatic nitrogens is 2.